The molecule has 0 spiro atoms. The molecule has 0 fully saturated rings. The third-order valence-electron chi connectivity index (χ3n) is 2.28. The third kappa shape index (κ3) is 7.57. The standard InChI is InChI=1S/C12H15Cl2FN2O.ClH/c13-4-6-17(7-5-14)9-12(18)16-11-3-1-2-10(15)8-11;/h1-3,8H,4-7,9H2,(H,16,18);1H. The van der Waals surface area contributed by atoms with Gasteiger partial charge in [-0.25, -0.2) is 4.39 Å². The van der Waals surface area contributed by atoms with Crippen molar-refractivity contribution in [3.05, 3.63) is 30.1 Å². The highest BCUT2D eigenvalue weighted by atomic mass is 35.5. The van der Waals surface area contributed by atoms with Gasteiger partial charge in [-0.1, -0.05) is 6.07 Å². The van der Waals surface area contributed by atoms with E-state index in [-0.39, 0.29) is 30.7 Å². The lowest BCUT2D eigenvalue weighted by molar-refractivity contribution is -0.117. The number of carbonyl (C=O) groups is 1. The molecule has 3 nitrogen and oxygen atoms in total. The second kappa shape index (κ2) is 10.3. The molecule has 7 heteroatoms. The topological polar surface area (TPSA) is 32.3 Å². The molecule has 0 saturated heterocycles. The van der Waals surface area contributed by atoms with Crippen molar-refractivity contribution < 1.29 is 9.18 Å². The molecule has 0 aliphatic rings. The van der Waals surface area contributed by atoms with Gasteiger partial charge in [-0.15, -0.1) is 35.6 Å². The van der Waals surface area contributed by atoms with Gasteiger partial charge in [-0.3, -0.25) is 9.69 Å². The fraction of sp³-hybridized carbons (Fsp3) is 0.417. The summed E-state index contributed by atoms with van der Waals surface area (Å²) in [6.45, 7) is 1.37. The number of alkyl halides is 2. The summed E-state index contributed by atoms with van der Waals surface area (Å²) in [7, 11) is 0. The van der Waals surface area contributed by atoms with Gasteiger partial charge in [-0.2, -0.15) is 0 Å². The van der Waals surface area contributed by atoms with Gasteiger partial charge in [0.25, 0.3) is 0 Å². The largest absolute Gasteiger partial charge is 0.325 e. The highest BCUT2D eigenvalue weighted by molar-refractivity contribution is 6.18. The minimum atomic E-state index is -0.383. The molecular formula is C12H16Cl3FN2O. The summed E-state index contributed by atoms with van der Waals surface area (Å²) in [6, 6.07) is 5.77. The first kappa shape index (κ1) is 18.4. The zero-order valence-corrected chi connectivity index (χ0v) is 12.6. The molecule has 1 rings (SSSR count). The van der Waals surface area contributed by atoms with E-state index >= 15 is 0 Å². The Kier molecular flexibility index (Phi) is 9.97. The van der Waals surface area contributed by atoms with Crippen molar-refractivity contribution in [2.75, 3.05) is 36.7 Å². The number of nitrogens with one attached hydrogen (secondary N) is 1. The van der Waals surface area contributed by atoms with Gasteiger partial charge in [0.1, 0.15) is 5.82 Å². The monoisotopic (exact) mass is 328 g/mol. The quantitative estimate of drug-likeness (QED) is 0.780. The Hall–Kier alpha value is -0.550. The predicted molar refractivity (Wildman–Crippen MR) is 80.2 cm³/mol. The maximum atomic E-state index is 12.9. The molecule has 1 N–H and O–H groups in total. The molecule has 0 unspecified atom stereocenters. The maximum Gasteiger partial charge on any atom is 0.238 e. The molecule has 0 aliphatic heterocycles. The Bertz CT molecular complexity index is 387. The van der Waals surface area contributed by atoms with Crippen molar-refractivity contribution in [3.63, 3.8) is 0 Å². The summed E-state index contributed by atoms with van der Waals surface area (Å²) in [6.07, 6.45) is 0. The Morgan fingerprint density at radius 2 is 1.89 bits per heavy atom. The Balaban J connectivity index is 0.00000324. The second-order valence-electron chi connectivity index (χ2n) is 3.71. The van der Waals surface area contributed by atoms with Crippen LogP contribution in [-0.4, -0.2) is 42.2 Å². The summed E-state index contributed by atoms with van der Waals surface area (Å²) in [5.41, 5.74) is 0.441. The van der Waals surface area contributed by atoms with Gasteiger partial charge in [0.15, 0.2) is 0 Å². The highest BCUT2D eigenvalue weighted by Gasteiger charge is 2.10. The van der Waals surface area contributed by atoms with Crippen LogP contribution >= 0.6 is 35.6 Å². The van der Waals surface area contributed by atoms with Crippen LogP contribution in [0.25, 0.3) is 0 Å². The minimum Gasteiger partial charge on any atom is -0.325 e. The van der Waals surface area contributed by atoms with E-state index in [1.807, 2.05) is 4.90 Å². The van der Waals surface area contributed by atoms with E-state index in [0.29, 0.717) is 30.5 Å². The lowest BCUT2D eigenvalue weighted by Crippen LogP contribution is -2.35. The average Bonchev–Trinajstić information content (AvgIpc) is 2.29. The number of nitrogens with zero attached hydrogens (tertiary/aromatic N) is 1. The van der Waals surface area contributed by atoms with Crippen molar-refractivity contribution in [2.45, 2.75) is 0 Å². The zero-order chi connectivity index (χ0) is 13.4. The maximum absolute atomic E-state index is 12.9. The van der Waals surface area contributed by atoms with Gasteiger partial charge in [0, 0.05) is 30.5 Å². The smallest absolute Gasteiger partial charge is 0.238 e. The van der Waals surface area contributed by atoms with E-state index in [0.717, 1.165) is 0 Å². The number of benzene rings is 1. The van der Waals surface area contributed by atoms with E-state index in [1.54, 1.807) is 12.1 Å². The van der Waals surface area contributed by atoms with Crippen molar-refractivity contribution in [3.8, 4) is 0 Å². The van der Waals surface area contributed by atoms with Gasteiger partial charge < -0.3 is 5.32 Å². The number of rotatable bonds is 7. The summed E-state index contributed by atoms with van der Waals surface area (Å²) >= 11 is 11.3. The van der Waals surface area contributed by atoms with E-state index in [4.69, 9.17) is 23.2 Å². The third-order valence-corrected chi connectivity index (χ3v) is 2.62. The minimum absolute atomic E-state index is 0. The Morgan fingerprint density at radius 3 is 2.42 bits per heavy atom. The van der Waals surface area contributed by atoms with Crippen LogP contribution in [0.4, 0.5) is 10.1 Å². The van der Waals surface area contributed by atoms with Crippen molar-refractivity contribution in [1.82, 2.24) is 4.90 Å². The normalized spacial score (nSPS) is 10.1. The highest BCUT2D eigenvalue weighted by Crippen LogP contribution is 2.09. The summed E-state index contributed by atoms with van der Waals surface area (Å²) < 4.78 is 12.9. The number of amides is 1. The van der Waals surface area contributed by atoms with Crippen LogP contribution in [0.5, 0.6) is 0 Å². The lowest BCUT2D eigenvalue weighted by Gasteiger charge is -2.19. The van der Waals surface area contributed by atoms with Gasteiger partial charge in [0.2, 0.25) is 5.91 Å². The lowest BCUT2D eigenvalue weighted by atomic mass is 10.3. The molecule has 0 heterocycles. The molecule has 0 aliphatic carbocycles. The fourth-order valence-electron chi connectivity index (χ4n) is 1.48. The van der Waals surface area contributed by atoms with Crippen LogP contribution in [0.1, 0.15) is 0 Å². The Morgan fingerprint density at radius 1 is 1.26 bits per heavy atom. The fourth-order valence-corrected chi connectivity index (χ4v) is 1.96. The van der Waals surface area contributed by atoms with Crippen LogP contribution in [0.2, 0.25) is 0 Å². The second-order valence-corrected chi connectivity index (χ2v) is 4.47. The molecule has 19 heavy (non-hydrogen) atoms. The summed E-state index contributed by atoms with van der Waals surface area (Å²) in [4.78, 5) is 13.6. The summed E-state index contributed by atoms with van der Waals surface area (Å²) in [5, 5.41) is 2.62. The van der Waals surface area contributed by atoms with Crippen molar-refractivity contribution in [1.29, 1.82) is 0 Å². The molecule has 1 aromatic carbocycles. The SMILES string of the molecule is Cl.O=C(CN(CCCl)CCCl)Nc1cccc(F)c1. The number of hydrogen-bond donors (Lipinski definition) is 1. The van der Waals surface area contributed by atoms with E-state index in [1.165, 1.54) is 12.1 Å². The van der Waals surface area contributed by atoms with Crippen molar-refractivity contribution in [2.24, 2.45) is 0 Å². The van der Waals surface area contributed by atoms with Crippen LogP contribution in [0, 0.1) is 5.82 Å². The molecule has 0 bridgehead atoms. The van der Waals surface area contributed by atoms with E-state index in [9.17, 15) is 9.18 Å². The van der Waals surface area contributed by atoms with Gasteiger partial charge >= 0.3 is 0 Å². The number of hydrogen-bond acceptors (Lipinski definition) is 2. The zero-order valence-electron chi connectivity index (χ0n) is 10.2. The number of halogens is 4. The van der Waals surface area contributed by atoms with E-state index in [2.05, 4.69) is 5.32 Å². The Labute approximate surface area is 128 Å². The molecule has 0 radical (unpaired) electrons. The van der Waals surface area contributed by atoms with Crippen LogP contribution < -0.4 is 5.32 Å². The first-order chi connectivity index (χ1) is 8.65. The van der Waals surface area contributed by atoms with Crippen LogP contribution in [0.3, 0.4) is 0 Å². The molecule has 108 valence electrons. The average molecular weight is 330 g/mol. The number of anilines is 1. The van der Waals surface area contributed by atoms with Crippen LogP contribution in [0.15, 0.2) is 24.3 Å². The van der Waals surface area contributed by atoms with Crippen LogP contribution in [-0.2, 0) is 4.79 Å². The van der Waals surface area contributed by atoms with E-state index < -0.39 is 0 Å². The molecule has 1 amide bonds. The first-order valence-corrected chi connectivity index (χ1v) is 6.62. The predicted octanol–water partition coefficient (Wildman–Crippen LogP) is 2.97. The number of carbonyl (C=O) groups excluding carboxylic acids is 1. The van der Waals surface area contributed by atoms with Gasteiger partial charge in [0.05, 0.1) is 6.54 Å². The molecule has 0 saturated carbocycles. The summed E-state index contributed by atoms with van der Waals surface area (Å²) in [5.74, 6) is 0.274. The molecule has 1 aromatic rings. The van der Waals surface area contributed by atoms with Crippen molar-refractivity contribution >= 4 is 47.2 Å². The molecular weight excluding hydrogens is 314 g/mol. The molecule has 0 atom stereocenters. The molecule has 0 aromatic heterocycles. The first-order valence-electron chi connectivity index (χ1n) is 5.55. The van der Waals surface area contributed by atoms with Gasteiger partial charge in [-0.05, 0) is 18.2 Å².